The van der Waals surface area contributed by atoms with Crippen molar-refractivity contribution in [3.05, 3.63) is 71.2 Å². The third kappa shape index (κ3) is 3.31. The summed E-state index contributed by atoms with van der Waals surface area (Å²) in [5.41, 5.74) is 2.35. The summed E-state index contributed by atoms with van der Waals surface area (Å²) in [4.78, 5) is 28.9. The van der Waals surface area contributed by atoms with E-state index in [2.05, 4.69) is 4.98 Å². The Hall–Kier alpha value is -2.99. The van der Waals surface area contributed by atoms with E-state index in [1.807, 2.05) is 0 Å². The molecule has 1 fully saturated rings. The summed E-state index contributed by atoms with van der Waals surface area (Å²) in [6.07, 6.45) is 3.65. The summed E-state index contributed by atoms with van der Waals surface area (Å²) < 4.78 is 13.1. The number of aromatic amines is 1. The van der Waals surface area contributed by atoms with Crippen LogP contribution in [0.25, 0.3) is 10.9 Å². The Bertz CT molecular complexity index is 1030. The monoisotopic (exact) mass is 380 g/mol. The molecule has 5 nitrogen and oxygen atoms in total. The van der Waals surface area contributed by atoms with Gasteiger partial charge in [-0.15, -0.1) is 0 Å². The summed E-state index contributed by atoms with van der Waals surface area (Å²) in [6, 6.07) is 11.5. The number of amides is 1. The molecule has 6 heteroatoms. The van der Waals surface area contributed by atoms with Gasteiger partial charge in [-0.1, -0.05) is 12.1 Å². The third-order valence-electron chi connectivity index (χ3n) is 5.64. The number of rotatable bonds is 5. The molecule has 1 unspecified atom stereocenters. The molecular weight excluding hydrogens is 359 g/mol. The maximum absolute atomic E-state index is 13.1. The number of carbonyl (C=O) groups is 2. The summed E-state index contributed by atoms with van der Waals surface area (Å²) >= 11 is 0. The second-order valence-electron chi connectivity index (χ2n) is 7.56. The van der Waals surface area contributed by atoms with Gasteiger partial charge in [-0.3, -0.25) is 9.59 Å². The number of carbonyl (C=O) groups excluding carboxylic acids is 2. The lowest BCUT2D eigenvalue weighted by Gasteiger charge is -2.27. The zero-order chi connectivity index (χ0) is 19.7. The van der Waals surface area contributed by atoms with E-state index in [1.54, 1.807) is 41.4 Å². The fourth-order valence-corrected chi connectivity index (χ4v) is 4.03. The molecule has 1 amide bonds. The van der Waals surface area contributed by atoms with Crippen molar-refractivity contribution in [2.75, 3.05) is 19.7 Å². The number of halogens is 1. The summed E-state index contributed by atoms with van der Waals surface area (Å²) in [7, 11) is 0. The molecule has 144 valence electrons. The number of hydrogen-bond donors (Lipinski definition) is 2. The van der Waals surface area contributed by atoms with Gasteiger partial charge >= 0.3 is 0 Å². The zero-order valence-electron chi connectivity index (χ0n) is 15.3. The van der Waals surface area contributed by atoms with Gasteiger partial charge in [-0.05, 0) is 48.7 Å². The van der Waals surface area contributed by atoms with Crippen LogP contribution >= 0.6 is 0 Å². The molecule has 1 atom stereocenters. The molecule has 1 aliphatic heterocycles. The van der Waals surface area contributed by atoms with Gasteiger partial charge in [-0.25, -0.2) is 4.39 Å². The normalized spacial score (nSPS) is 19.3. The standard InChI is InChI=1S/C22H21FN2O3/c23-18-4-1-15(2-5-18)10-22(14-27)7-8-25(13-22)21(28)16-3-6-20-19(9-16)17(12-26)11-24-20/h1-6,9,11-12,24,27H,7-8,10,13-14H2. The number of likely N-dealkylation sites (tertiary alicyclic amines) is 1. The minimum atomic E-state index is -0.431. The summed E-state index contributed by atoms with van der Waals surface area (Å²) in [5.74, 6) is -0.408. The number of aliphatic hydroxyl groups excluding tert-OH is 1. The summed E-state index contributed by atoms with van der Waals surface area (Å²) in [5, 5.41) is 10.8. The van der Waals surface area contributed by atoms with Gasteiger partial charge < -0.3 is 15.0 Å². The van der Waals surface area contributed by atoms with Crippen molar-refractivity contribution < 1.29 is 19.1 Å². The number of aliphatic hydroxyl groups is 1. The van der Waals surface area contributed by atoms with E-state index < -0.39 is 5.41 Å². The van der Waals surface area contributed by atoms with Gasteiger partial charge in [0.25, 0.3) is 5.91 Å². The Morgan fingerprint density at radius 2 is 2.04 bits per heavy atom. The van der Waals surface area contributed by atoms with Crippen LogP contribution in [0.1, 0.15) is 32.7 Å². The molecule has 2 heterocycles. The number of aldehydes is 1. The van der Waals surface area contributed by atoms with Crippen molar-refractivity contribution in [1.29, 1.82) is 0 Å². The van der Waals surface area contributed by atoms with E-state index in [9.17, 15) is 19.1 Å². The number of nitrogens with one attached hydrogen (secondary N) is 1. The largest absolute Gasteiger partial charge is 0.396 e. The fraction of sp³-hybridized carbons (Fsp3) is 0.273. The number of hydrogen-bond acceptors (Lipinski definition) is 3. The number of aromatic nitrogens is 1. The number of nitrogens with zero attached hydrogens (tertiary/aromatic N) is 1. The SMILES string of the molecule is O=Cc1c[nH]c2ccc(C(=O)N3CCC(CO)(Cc4ccc(F)cc4)C3)cc12. The highest BCUT2D eigenvalue weighted by Gasteiger charge is 2.39. The number of fused-ring (bicyclic) bond motifs is 1. The molecule has 1 aromatic heterocycles. The molecule has 28 heavy (non-hydrogen) atoms. The third-order valence-corrected chi connectivity index (χ3v) is 5.64. The molecule has 4 rings (SSSR count). The van der Waals surface area contributed by atoms with Gasteiger partial charge in [0.2, 0.25) is 0 Å². The number of benzene rings is 2. The quantitative estimate of drug-likeness (QED) is 0.668. The Morgan fingerprint density at radius 3 is 2.75 bits per heavy atom. The fourth-order valence-electron chi connectivity index (χ4n) is 4.03. The Labute approximate surface area is 161 Å². The van der Waals surface area contributed by atoms with Crippen LogP contribution in [0.3, 0.4) is 0 Å². The first-order chi connectivity index (χ1) is 13.5. The van der Waals surface area contributed by atoms with E-state index in [-0.39, 0.29) is 18.3 Å². The molecule has 1 saturated heterocycles. The van der Waals surface area contributed by atoms with Crippen LogP contribution < -0.4 is 0 Å². The van der Waals surface area contributed by atoms with Crippen LogP contribution in [0, 0.1) is 11.2 Å². The second kappa shape index (κ2) is 7.20. The summed E-state index contributed by atoms with van der Waals surface area (Å²) in [6.45, 7) is 0.942. The van der Waals surface area contributed by atoms with Crippen molar-refractivity contribution in [1.82, 2.24) is 9.88 Å². The molecular formula is C22H21FN2O3. The molecule has 3 aromatic rings. The maximum atomic E-state index is 13.1. The van der Waals surface area contributed by atoms with Gasteiger partial charge in [0.1, 0.15) is 5.82 Å². The highest BCUT2D eigenvalue weighted by molar-refractivity contribution is 6.03. The molecule has 0 aliphatic carbocycles. The predicted molar refractivity (Wildman–Crippen MR) is 104 cm³/mol. The van der Waals surface area contributed by atoms with Crippen LogP contribution in [0.2, 0.25) is 0 Å². The highest BCUT2D eigenvalue weighted by Crippen LogP contribution is 2.35. The van der Waals surface area contributed by atoms with E-state index in [1.165, 1.54) is 12.1 Å². The second-order valence-corrected chi connectivity index (χ2v) is 7.56. The molecule has 0 bridgehead atoms. The maximum Gasteiger partial charge on any atom is 0.253 e. The topological polar surface area (TPSA) is 73.4 Å². The Kier molecular flexibility index (Phi) is 4.73. The average Bonchev–Trinajstić information content (AvgIpc) is 3.33. The molecule has 1 aliphatic rings. The van der Waals surface area contributed by atoms with Gasteiger partial charge in [0, 0.05) is 46.7 Å². The molecule has 2 N–H and O–H groups in total. The van der Waals surface area contributed by atoms with E-state index >= 15 is 0 Å². The first-order valence-corrected chi connectivity index (χ1v) is 9.24. The first-order valence-electron chi connectivity index (χ1n) is 9.24. The molecule has 0 radical (unpaired) electrons. The van der Waals surface area contributed by atoms with Crippen LogP contribution in [-0.2, 0) is 6.42 Å². The lowest BCUT2D eigenvalue weighted by molar-refractivity contribution is 0.0739. The van der Waals surface area contributed by atoms with Crippen molar-refractivity contribution in [3.63, 3.8) is 0 Å². The average molecular weight is 380 g/mol. The van der Waals surface area contributed by atoms with Crippen molar-refractivity contribution >= 4 is 23.1 Å². The van der Waals surface area contributed by atoms with Gasteiger partial charge in [0.05, 0.1) is 6.61 Å². The lowest BCUT2D eigenvalue weighted by atomic mass is 9.81. The Balaban J connectivity index is 1.54. The molecule has 0 saturated carbocycles. The molecule has 2 aromatic carbocycles. The van der Waals surface area contributed by atoms with E-state index in [0.717, 1.165) is 22.8 Å². The van der Waals surface area contributed by atoms with E-state index in [4.69, 9.17) is 0 Å². The van der Waals surface area contributed by atoms with Gasteiger partial charge in [-0.2, -0.15) is 0 Å². The van der Waals surface area contributed by atoms with Gasteiger partial charge in [0.15, 0.2) is 6.29 Å². The molecule has 0 spiro atoms. The van der Waals surface area contributed by atoms with Crippen LogP contribution in [0.15, 0.2) is 48.7 Å². The van der Waals surface area contributed by atoms with Crippen molar-refractivity contribution in [3.8, 4) is 0 Å². The Morgan fingerprint density at radius 1 is 1.25 bits per heavy atom. The predicted octanol–water partition coefficient (Wildman–Crippen LogP) is 3.19. The number of H-pyrrole nitrogens is 1. The van der Waals surface area contributed by atoms with E-state index in [0.29, 0.717) is 37.1 Å². The van der Waals surface area contributed by atoms with Crippen LogP contribution in [0.5, 0.6) is 0 Å². The van der Waals surface area contributed by atoms with Crippen molar-refractivity contribution in [2.24, 2.45) is 5.41 Å². The lowest BCUT2D eigenvalue weighted by Crippen LogP contribution is -2.35. The minimum Gasteiger partial charge on any atom is -0.396 e. The first kappa shape index (κ1) is 18.4. The zero-order valence-corrected chi connectivity index (χ0v) is 15.3. The van der Waals surface area contributed by atoms with Crippen LogP contribution in [0.4, 0.5) is 4.39 Å². The minimum absolute atomic E-state index is 0.0414. The smallest absolute Gasteiger partial charge is 0.253 e. The van der Waals surface area contributed by atoms with Crippen LogP contribution in [-0.4, -0.2) is 46.9 Å². The van der Waals surface area contributed by atoms with Crippen molar-refractivity contribution in [2.45, 2.75) is 12.8 Å². The highest BCUT2D eigenvalue weighted by atomic mass is 19.1.